The lowest BCUT2D eigenvalue weighted by Gasteiger charge is -2.01. The summed E-state index contributed by atoms with van der Waals surface area (Å²) in [4.78, 5) is 3.96. The van der Waals surface area contributed by atoms with Gasteiger partial charge in [-0.15, -0.1) is 5.10 Å². The molecule has 2 rings (SSSR count). The van der Waals surface area contributed by atoms with E-state index in [0.29, 0.717) is 5.95 Å². The molecule has 0 aliphatic rings. The average Bonchev–Trinajstić information content (AvgIpc) is 2.57. The number of H-pyrrole nitrogens is 1. The van der Waals surface area contributed by atoms with Crippen molar-refractivity contribution in [3.05, 3.63) is 36.2 Å². The van der Waals surface area contributed by atoms with Crippen LogP contribution in [0.15, 0.2) is 30.6 Å². The van der Waals surface area contributed by atoms with Gasteiger partial charge in [-0.05, 0) is 24.6 Å². The fourth-order valence-electron chi connectivity index (χ4n) is 1.12. The quantitative estimate of drug-likeness (QED) is 0.730. The zero-order valence-corrected chi connectivity index (χ0v) is 7.28. The summed E-state index contributed by atoms with van der Waals surface area (Å²) in [7, 11) is 0. The van der Waals surface area contributed by atoms with Crippen molar-refractivity contribution in [3.63, 3.8) is 0 Å². The third kappa shape index (κ3) is 1.84. The predicted molar refractivity (Wildman–Crippen MR) is 50.8 cm³/mol. The summed E-state index contributed by atoms with van der Waals surface area (Å²) in [6.07, 6.45) is 1.54. The first-order valence-electron chi connectivity index (χ1n) is 4.04. The molecule has 0 amide bonds. The molecule has 0 atom stereocenters. The molecule has 2 N–H and O–H groups in total. The molecule has 0 saturated carbocycles. The fourth-order valence-corrected chi connectivity index (χ4v) is 1.12. The van der Waals surface area contributed by atoms with Gasteiger partial charge in [0.25, 0.3) is 0 Å². The Balaban J connectivity index is 2.19. The molecule has 0 radical (unpaired) electrons. The molecule has 4 heteroatoms. The van der Waals surface area contributed by atoms with E-state index in [1.165, 1.54) is 11.9 Å². The molecule has 0 unspecified atom stereocenters. The van der Waals surface area contributed by atoms with Crippen LogP contribution in [-0.4, -0.2) is 15.2 Å². The Hall–Kier alpha value is -1.84. The second-order valence-corrected chi connectivity index (χ2v) is 2.82. The number of rotatable bonds is 2. The van der Waals surface area contributed by atoms with E-state index < -0.39 is 0 Å². The number of aromatic nitrogens is 3. The number of nitrogens with zero attached hydrogens (tertiary/aromatic N) is 2. The Kier molecular flexibility index (Phi) is 1.96. The van der Waals surface area contributed by atoms with E-state index in [9.17, 15) is 0 Å². The van der Waals surface area contributed by atoms with Crippen LogP contribution < -0.4 is 5.32 Å². The van der Waals surface area contributed by atoms with Gasteiger partial charge in [-0.25, -0.2) is 4.98 Å². The van der Waals surface area contributed by atoms with Crippen molar-refractivity contribution >= 4 is 11.6 Å². The first-order valence-corrected chi connectivity index (χ1v) is 4.04. The van der Waals surface area contributed by atoms with Crippen LogP contribution in [-0.2, 0) is 0 Å². The van der Waals surface area contributed by atoms with Gasteiger partial charge in [-0.1, -0.05) is 12.1 Å². The second kappa shape index (κ2) is 3.26. The van der Waals surface area contributed by atoms with E-state index in [2.05, 4.69) is 20.5 Å². The molecular formula is C9H10N4. The normalized spacial score (nSPS) is 9.92. The zero-order valence-electron chi connectivity index (χ0n) is 7.28. The topological polar surface area (TPSA) is 53.6 Å². The maximum Gasteiger partial charge on any atom is 0.246 e. The molecule has 0 bridgehead atoms. The number of anilines is 2. The van der Waals surface area contributed by atoms with Gasteiger partial charge in [-0.2, -0.15) is 0 Å². The minimum absolute atomic E-state index is 0.589. The molecule has 2 aromatic rings. The standard InChI is InChI=1S/C9H10N4/c1-7-3-2-4-8(5-7)12-9-10-6-11-13-9/h2-6H,1H3,(H2,10,11,12,13). The number of aryl methyl sites for hydroxylation is 1. The van der Waals surface area contributed by atoms with Crippen molar-refractivity contribution in [2.45, 2.75) is 6.92 Å². The second-order valence-electron chi connectivity index (χ2n) is 2.82. The first kappa shape index (κ1) is 7.79. The van der Waals surface area contributed by atoms with Gasteiger partial charge in [0.05, 0.1) is 0 Å². The molecule has 66 valence electrons. The van der Waals surface area contributed by atoms with E-state index in [1.807, 2.05) is 31.2 Å². The molecule has 4 nitrogen and oxygen atoms in total. The Bertz CT molecular complexity index is 380. The van der Waals surface area contributed by atoms with Gasteiger partial charge in [0.1, 0.15) is 6.33 Å². The van der Waals surface area contributed by atoms with Crippen molar-refractivity contribution in [1.82, 2.24) is 15.2 Å². The lowest BCUT2D eigenvalue weighted by atomic mass is 10.2. The Morgan fingerprint density at radius 2 is 2.31 bits per heavy atom. The van der Waals surface area contributed by atoms with Crippen molar-refractivity contribution < 1.29 is 0 Å². The molecule has 13 heavy (non-hydrogen) atoms. The van der Waals surface area contributed by atoms with E-state index in [-0.39, 0.29) is 0 Å². The molecule has 0 saturated heterocycles. The van der Waals surface area contributed by atoms with Crippen LogP contribution in [0.2, 0.25) is 0 Å². The molecule has 0 aliphatic heterocycles. The highest BCUT2D eigenvalue weighted by atomic mass is 15.3. The molecule has 1 heterocycles. The summed E-state index contributed by atoms with van der Waals surface area (Å²) in [6, 6.07) is 8.05. The van der Waals surface area contributed by atoms with Crippen molar-refractivity contribution in [1.29, 1.82) is 0 Å². The molecular weight excluding hydrogens is 164 g/mol. The van der Waals surface area contributed by atoms with E-state index in [4.69, 9.17) is 0 Å². The zero-order chi connectivity index (χ0) is 9.10. The number of hydrogen-bond donors (Lipinski definition) is 2. The van der Waals surface area contributed by atoms with Crippen LogP contribution >= 0.6 is 0 Å². The SMILES string of the molecule is Cc1cccc(Nc2nc[nH]n2)c1. The van der Waals surface area contributed by atoms with Gasteiger partial charge < -0.3 is 5.32 Å². The first-order chi connectivity index (χ1) is 6.34. The summed E-state index contributed by atoms with van der Waals surface area (Å²) >= 11 is 0. The fraction of sp³-hybridized carbons (Fsp3) is 0.111. The van der Waals surface area contributed by atoms with Crippen LogP contribution in [0.5, 0.6) is 0 Å². The van der Waals surface area contributed by atoms with Gasteiger partial charge in [0.2, 0.25) is 5.95 Å². The van der Waals surface area contributed by atoms with Gasteiger partial charge in [0, 0.05) is 5.69 Å². The van der Waals surface area contributed by atoms with Crippen LogP contribution in [0.4, 0.5) is 11.6 Å². The van der Waals surface area contributed by atoms with Crippen LogP contribution in [0.1, 0.15) is 5.56 Å². The number of hydrogen-bond acceptors (Lipinski definition) is 3. The lowest BCUT2D eigenvalue weighted by molar-refractivity contribution is 1.09. The summed E-state index contributed by atoms with van der Waals surface area (Å²) < 4.78 is 0. The van der Waals surface area contributed by atoms with Crippen LogP contribution in [0, 0.1) is 6.92 Å². The Morgan fingerprint density at radius 3 is 3.00 bits per heavy atom. The molecule has 0 aliphatic carbocycles. The Morgan fingerprint density at radius 1 is 1.38 bits per heavy atom. The highest BCUT2D eigenvalue weighted by molar-refractivity contribution is 5.53. The number of benzene rings is 1. The summed E-state index contributed by atoms with van der Waals surface area (Å²) in [5.74, 6) is 0.589. The molecule has 1 aromatic carbocycles. The van der Waals surface area contributed by atoms with Crippen LogP contribution in [0.25, 0.3) is 0 Å². The lowest BCUT2D eigenvalue weighted by Crippen LogP contribution is -1.92. The molecule has 0 spiro atoms. The van der Waals surface area contributed by atoms with Crippen LogP contribution in [0.3, 0.4) is 0 Å². The summed E-state index contributed by atoms with van der Waals surface area (Å²) in [6.45, 7) is 2.04. The molecule has 1 aromatic heterocycles. The van der Waals surface area contributed by atoms with Crippen molar-refractivity contribution in [2.24, 2.45) is 0 Å². The summed E-state index contributed by atoms with van der Waals surface area (Å²) in [5, 5.41) is 9.61. The number of aromatic amines is 1. The third-order valence-electron chi connectivity index (χ3n) is 1.69. The van der Waals surface area contributed by atoms with Gasteiger partial charge >= 0.3 is 0 Å². The molecule has 0 fully saturated rings. The summed E-state index contributed by atoms with van der Waals surface area (Å²) in [5.41, 5.74) is 2.21. The van der Waals surface area contributed by atoms with Gasteiger partial charge in [0.15, 0.2) is 0 Å². The highest BCUT2D eigenvalue weighted by Crippen LogP contribution is 2.12. The highest BCUT2D eigenvalue weighted by Gasteiger charge is 1.96. The average molecular weight is 174 g/mol. The Labute approximate surface area is 76.0 Å². The van der Waals surface area contributed by atoms with Crippen molar-refractivity contribution in [3.8, 4) is 0 Å². The third-order valence-corrected chi connectivity index (χ3v) is 1.69. The minimum Gasteiger partial charge on any atom is -0.323 e. The minimum atomic E-state index is 0.589. The van der Waals surface area contributed by atoms with E-state index in [0.717, 1.165) is 5.69 Å². The largest absolute Gasteiger partial charge is 0.323 e. The maximum atomic E-state index is 3.96. The maximum absolute atomic E-state index is 3.96. The number of nitrogens with one attached hydrogen (secondary N) is 2. The van der Waals surface area contributed by atoms with Crippen molar-refractivity contribution in [2.75, 3.05) is 5.32 Å². The van der Waals surface area contributed by atoms with E-state index >= 15 is 0 Å². The predicted octanol–water partition coefficient (Wildman–Crippen LogP) is 1.86. The van der Waals surface area contributed by atoms with Gasteiger partial charge in [-0.3, -0.25) is 5.10 Å². The smallest absolute Gasteiger partial charge is 0.246 e. The monoisotopic (exact) mass is 174 g/mol. The van der Waals surface area contributed by atoms with E-state index in [1.54, 1.807) is 0 Å².